The summed E-state index contributed by atoms with van der Waals surface area (Å²) in [5, 5.41) is 56.7. The van der Waals surface area contributed by atoms with Crippen molar-refractivity contribution in [1.82, 2.24) is 0 Å². The lowest BCUT2D eigenvalue weighted by Gasteiger charge is -2.36. The molecule has 8 atom stereocenters. The van der Waals surface area contributed by atoms with Gasteiger partial charge in [-0.2, -0.15) is 0 Å². The van der Waals surface area contributed by atoms with Crippen LogP contribution in [0.15, 0.2) is 0 Å². The molecule has 2 rings (SSSR count). The molecule has 0 aliphatic carbocycles. The topological polar surface area (TPSA) is 149 Å². The zero-order valence-corrected chi connectivity index (χ0v) is 9.94. The maximum absolute atomic E-state index is 9.66. The van der Waals surface area contributed by atoms with E-state index in [1.165, 1.54) is 0 Å². The summed E-state index contributed by atoms with van der Waals surface area (Å²) in [4.78, 5) is 0. The molecule has 0 unspecified atom stereocenters. The molecule has 0 aromatic heterocycles. The number of rotatable bonds is 3. The molecule has 19 heavy (non-hydrogen) atoms. The van der Waals surface area contributed by atoms with E-state index in [0.29, 0.717) is 0 Å². The second-order valence-electron chi connectivity index (χ2n) is 4.59. The van der Waals surface area contributed by atoms with Crippen molar-refractivity contribution in [1.29, 1.82) is 0 Å². The van der Waals surface area contributed by atoms with Crippen molar-refractivity contribution in [3.05, 3.63) is 0 Å². The summed E-state index contributed by atoms with van der Waals surface area (Å²) < 4.78 is 14.9. The Morgan fingerprint density at radius 1 is 1.00 bits per heavy atom. The van der Waals surface area contributed by atoms with E-state index in [1.807, 2.05) is 0 Å². The van der Waals surface area contributed by atoms with Crippen molar-refractivity contribution in [3.63, 3.8) is 0 Å². The Kier molecular flexibility index (Phi) is 4.71. The van der Waals surface area contributed by atoms with Crippen LogP contribution in [-0.4, -0.2) is 93.1 Å². The minimum absolute atomic E-state index is 0.252. The minimum atomic E-state index is -1.52. The van der Waals surface area contributed by atoms with Gasteiger partial charge in [-0.1, -0.05) is 0 Å². The van der Waals surface area contributed by atoms with Gasteiger partial charge in [0.1, 0.15) is 36.6 Å². The highest BCUT2D eigenvalue weighted by atomic mass is 16.7. The summed E-state index contributed by atoms with van der Waals surface area (Å²) >= 11 is 0. The quantitative estimate of drug-likeness (QED) is 0.303. The Balaban J connectivity index is 2.00. The van der Waals surface area contributed by atoms with E-state index in [1.54, 1.807) is 0 Å². The normalized spacial score (nSPS) is 51.5. The standard InChI is InChI=1S/C10H18O9/c11-1-4-5(13)6(14)10(18-4)19-8-3(12)2-17-9(16)7(8)15/h3-16H,1-2H2/t3-,4-,5-,6+,7-,8+,9-,10-/m0/s1. The van der Waals surface area contributed by atoms with Crippen molar-refractivity contribution in [2.45, 2.75) is 49.2 Å². The van der Waals surface area contributed by atoms with Crippen LogP contribution in [0.25, 0.3) is 0 Å². The molecule has 9 heteroatoms. The number of hydrogen-bond donors (Lipinski definition) is 6. The lowest BCUT2D eigenvalue weighted by atomic mass is 10.0. The summed E-state index contributed by atoms with van der Waals surface area (Å²) in [6, 6.07) is 0. The second kappa shape index (κ2) is 5.95. The second-order valence-corrected chi connectivity index (χ2v) is 4.59. The molecule has 6 N–H and O–H groups in total. The Labute approximate surface area is 108 Å². The highest BCUT2D eigenvalue weighted by molar-refractivity contribution is 4.90. The molecule has 2 fully saturated rings. The first-order valence-electron chi connectivity index (χ1n) is 5.89. The van der Waals surface area contributed by atoms with Crippen molar-refractivity contribution in [2.75, 3.05) is 13.2 Å². The van der Waals surface area contributed by atoms with Gasteiger partial charge in [0.2, 0.25) is 0 Å². The molecular weight excluding hydrogens is 264 g/mol. The van der Waals surface area contributed by atoms with Crippen molar-refractivity contribution in [3.8, 4) is 0 Å². The van der Waals surface area contributed by atoms with Gasteiger partial charge in [-0.05, 0) is 0 Å². The maximum atomic E-state index is 9.66. The average molecular weight is 282 g/mol. The van der Waals surface area contributed by atoms with Crippen LogP contribution in [0.5, 0.6) is 0 Å². The van der Waals surface area contributed by atoms with E-state index >= 15 is 0 Å². The summed E-state index contributed by atoms with van der Waals surface area (Å²) in [6.45, 7) is -0.767. The smallest absolute Gasteiger partial charge is 0.187 e. The number of aliphatic hydroxyl groups excluding tert-OH is 6. The molecule has 0 bridgehead atoms. The highest BCUT2D eigenvalue weighted by Crippen LogP contribution is 2.26. The third kappa shape index (κ3) is 2.89. The van der Waals surface area contributed by atoms with Crippen LogP contribution in [0.1, 0.15) is 0 Å². The minimum Gasteiger partial charge on any atom is -0.394 e. The molecule has 2 aliphatic heterocycles. The lowest BCUT2D eigenvalue weighted by Crippen LogP contribution is -2.56. The number of hydrogen-bond acceptors (Lipinski definition) is 9. The van der Waals surface area contributed by atoms with Gasteiger partial charge >= 0.3 is 0 Å². The number of aliphatic hydroxyl groups is 6. The Hall–Kier alpha value is -0.360. The van der Waals surface area contributed by atoms with Crippen molar-refractivity contribution >= 4 is 0 Å². The van der Waals surface area contributed by atoms with Gasteiger partial charge in [0.15, 0.2) is 12.6 Å². The predicted molar refractivity (Wildman–Crippen MR) is 56.6 cm³/mol. The van der Waals surface area contributed by atoms with Gasteiger partial charge in [0.25, 0.3) is 0 Å². The summed E-state index contributed by atoms with van der Waals surface area (Å²) in [5.74, 6) is 0. The van der Waals surface area contributed by atoms with Crippen LogP contribution in [0, 0.1) is 0 Å². The molecule has 2 aliphatic rings. The average Bonchev–Trinajstić information content (AvgIpc) is 2.66. The fourth-order valence-electron chi connectivity index (χ4n) is 2.08. The van der Waals surface area contributed by atoms with Crippen LogP contribution >= 0.6 is 0 Å². The summed E-state index contributed by atoms with van der Waals surface area (Å²) in [5.41, 5.74) is 0. The monoisotopic (exact) mass is 282 g/mol. The third-order valence-electron chi connectivity index (χ3n) is 3.24. The van der Waals surface area contributed by atoms with Crippen LogP contribution in [0.3, 0.4) is 0 Å². The molecular formula is C10H18O9. The number of ether oxygens (including phenoxy) is 3. The maximum Gasteiger partial charge on any atom is 0.187 e. The van der Waals surface area contributed by atoms with Crippen LogP contribution < -0.4 is 0 Å². The predicted octanol–water partition coefficient (Wildman–Crippen LogP) is -4.12. The fourth-order valence-corrected chi connectivity index (χ4v) is 2.08. The van der Waals surface area contributed by atoms with Crippen LogP contribution in [0.4, 0.5) is 0 Å². The SMILES string of the molecule is OC[C@@H]1O[C@@H](O[C@H]2[C@H](O)[C@@H](O)OC[C@@H]2O)[C@H](O)[C@H]1O. The molecule has 0 aromatic rings. The molecule has 0 amide bonds. The van der Waals surface area contributed by atoms with Gasteiger partial charge in [0.05, 0.1) is 13.2 Å². The fraction of sp³-hybridized carbons (Fsp3) is 1.00. The van der Waals surface area contributed by atoms with E-state index in [4.69, 9.17) is 14.6 Å². The summed E-state index contributed by atoms with van der Waals surface area (Å²) in [6.07, 6.45) is -10.6. The van der Waals surface area contributed by atoms with Gasteiger partial charge < -0.3 is 44.8 Å². The van der Waals surface area contributed by atoms with Gasteiger partial charge in [-0.3, -0.25) is 0 Å². The van der Waals surface area contributed by atoms with E-state index in [0.717, 1.165) is 0 Å². The third-order valence-corrected chi connectivity index (χ3v) is 3.24. The molecule has 0 spiro atoms. The Morgan fingerprint density at radius 3 is 2.26 bits per heavy atom. The summed E-state index contributed by atoms with van der Waals surface area (Å²) in [7, 11) is 0. The Morgan fingerprint density at radius 2 is 1.68 bits per heavy atom. The van der Waals surface area contributed by atoms with Gasteiger partial charge in [0, 0.05) is 0 Å². The van der Waals surface area contributed by atoms with Crippen LogP contribution in [-0.2, 0) is 14.2 Å². The molecule has 2 heterocycles. The molecule has 9 nitrogen and oxygen atoms in total. The molecule has 112 valence electrons. The zero-order chi connectivity index (χ0) is 14.2. The largest absolute Gasteiger partial charge is 0.394 e. The van der Waals surface area contributed by atoms with E-state index < -0.39 is 55.8 Å². The first-order chi connectivity index (χ1) is 8.95. The van der Waals surface area contributed by atoms with Gasteiger partial charge in [-0.25, -0.2) is 0 Å². The van der Waals surface area contributed by atoms with Crippen molar-refractivity contribution < 1.29 is 44.8 Å². The Bertz CT molecular complexity index is 301. The van der Waals surface area contributed by atoms with E-state index in [-0.39, 0.29) is 6.61 Å². The van der Waals surface area contributed by atoms with Crippen molar-refractivity contribution in [2.24, 2.45) is 0 Å². The first-order valence-corrected chi connectivity index (χ1v) is 5.89. The molecule has 0 aromatic carbocycles. The van der Waals surface area contributed by atoms with E-state index in [9.17, 15) is 25.5 Å². The highest BCUT2D eigenvalue weighted by Gasteiger charge is 2.47. The van der Waals surface area contributed by atoms with Crippen LogP contribution in [0.2, 0.25) is 0 Å². The first kappa shape index (κ1) is 15.0. The van der Waals surface area contributed by atoms with E-state index in [2.05, 4.69) is 4.74 Å². The van der Waals surface area contributed by atoms with Gasteiger partial charge in [-0.15, -0.1) is 0 Å². The molecule has 0 radical (unpaired) electrons. The lowest BCUT2D eigenvalue weighted by molar-refractivity contribution is -0.298. The molecule has 2 saturated heterocycles. The molecule has 0 saturated carbocycles. The zero-order valence-electron chi connectivity index (χ0n) is 9.94.